The quantitative estimate of drug-likeness (QED) is 0.673. The fraction of sp³-hybridized carbons (Fsp3) is 0.421. The number of allylic oxidation sites excluding steroid dienone is 1. The fourth-order valence-electron chi connectivity index (χ4n) is 3.33. The van der Waals surface area contributed by atoms with Gasteiger partial charge >= 0.3 is 6.09 Å². The molecule has 0 aliphatic carbocycles. The van der Waals surface area contributed by atoms with Gasteiger partial charge in [0.05, 0.1) is 33.6 Å². The van der Waals surface area contributed by atoms with E-state index in [-0.39, 0.29) is 25.1 Å². The van der Waals surface area contributed by atoms with Gasteiger partial charge in [-0.15, -0.1) is 0 Å². The molecule has 0 aromatic heterocycles. The summed E-state index contributed by atoms with van der Waals surface area (Å²) in [6.45, 7) is 7.87. The van der Waals surface area contributed by atoms with E-state index in [0.717, 1.165) is 5.56 Å². The summed E-state index contributed by atoms with van der Waals surface area (Å²) < 4.78 is 19.5. The summed E-state index contributed by atoms with van der Waals surface area (Å²) in [5, 5.41) is 0. The van der Waals surface area contributed by atoms with Gasteiger partial charge in [-0.05, 0) is 47.8 Å². The van der Waals surface area contributed by atoms with Gasteiger partial charge in [0, 0.05) is 26.2 Å². The van der Waals surface area contributed by atoms with Crippen molar-refractivity contribution < 1.29 is 18.7 Å². The molecule has 2 heterocycles. The molecule has 144 valence electrons. The third-order valence-corrected chi connectivity index (χ3v) is 5.38. The zero-order valence-electron chi connectivity index (χ0n) is 15.5. The maximum Gasteiger partial charge on any atom is 0.410 e. The zero-order chi connectivity index (χ0) is 19.9. The van der Waals surface area contributed by atoms with E-state index in [1.807, 2.05) is 0 Å². The Morgan fingerprint density at radius 2 is 2.07 bits per heavy atom. The Bertz CT molecular complexity index is 847. The molecule has 0 saturated carbocycles. The first-order chi connectivity index (χ1) is 12.6. The molecule has 27 heavy (non-hydrogen) atoms. The Labute approximate surface area is 165 Å². The molecule has 2 amide bonds. The summed E-state index contributed by atoms with van der Waals surface area (Å²) in [7, 11) is 1.63. The molecule has 0 N–H and O–H groups in total. The number of nitrogens with zero attached hydrogens (tertiary/aromatic N) is 3. The average Bonchev–Trinajstić information content (AvgIpc) is 2.59. The number of ether oxygens (including phenoxy) is 1. The van der Waals surface area contributed by atoms with Crippen molar-refractivity contribution in [2.75, 3.05) is 20.1 Å². The van der Waals surface area contributed by atoms with E-state index in [2.05, 4.69) is 27.5 Å². The molecule has 1 saturated heterocycles. The summed E-state index contributed by atoms with van der Waals surface area (Å²) in [5.41, 5.74) is 0.752. The molecule has 2 aliphatic heterocycles. The first-order valence-corrected chi connectivity index (χ1v) is 9.37. The lowest BCUT2D eigenvalue weighted by atomic mass is 9.73. The van der Waals surface area contributed by atoms with Crippen molar-refractivity contribution in [2.24, 2.45) is 10.4 Å². The Kier molecular flexibility index (Phi) is 5.12. The van der Waals surface area contributed by atoms with Crippen LogP contribution in [0.4, 0.5) is 14.9 Å². The Morgan fingerprint density at radius 1 is 1.41 bits per heavy atom. The van der Waals surface area contributed by atoms with Crippen molar-refractivity contribution in [3.63, 3.8) is 0 Å². The molecule has 0 bridgehead atoms. The van der Waals surface area contributed by atoms with Crippen molar-refractivity contribution in [2.45, 2.75) is 26.4 Å². The largest absolute Gasteiger partial charge is 0.447 e. The van der Waals surface area contributed by atoms with Gasteiger partial charge in [0.1, 0.15) is 5.82 Å². The van der Waals surface area contributed by atoms with Gasteiger partial charge in [-0.1, -0.05) is 6.58 Å². The number of carbonyl (C=O) groups is 2. The number of rotatable bonds is 1. The molecule has 6 nitrogen and oxygen atoms in total. The van der Waals surface area contributed by atoms with E-state index >= 15 is 0 Å². The van der Waals surface area contributed by atoms with Crippen LogP contribution in [0.5, 0.6) is 0 Å². The van der Waals surface area contributed by atoms with Gasteiger partial charge in [-0.2, -0.15) is 0 Å². The van der Waals surface area contributed by atoms with Crippen molar-refractivity contribution >= 4 is 39.8 Å². The molecular weight excluding hydrogens is 417 g/mol. The number of likely N-dealkylation sites (tertiary alicyclic amines) is 1. The molecule has 1 fully saturated rings. The van der Waals surface area contributed by atoms with Crippen molar-refractivity contribution in [1.82, 2.24) is 9.80 Å². The number of benzene rings is 1. The number of aliphatic imine (C=N–C) groups is 1. The summed E-state index contributed by atoms with van der Waals surface area (Å²) in [5.74, 6) is -0.582. The Morgan fingerprint density at radius 3 is 2.70 bits per heavy atom. The van der Waals surface area contributed by atoms with Crippen LogP contribution in [-0.2, 0) is 16.0 Å². The first-order valence-electron chi connectivity index (χ1n) is 8.57. The summed E-state index contributed by atoms with van der Waals surface area (Å²) in [6.07, 6.45) is 1.11. The Balaban J connectivity index is 1.96. The van der Waals surface area contributed by atoms with Crippen LogP contribution < -0.4 is 0 Å². The van der Waals surface area contributed by atoms with Gasteiger partial charge in [0.15, 0.2) is 0 Å². The second-order valence-corrected chi connectivity index (χ2v) is 8.11. The molecule has 0 radical (unpaired) electrons. The van der Waals surface area contributed by atoms with Gasteiger partial charge in [-0.25, -0.2) is 9.18 Å². The summed E-state index contributed by atoms with van der Waals surface area (Å²) >= 11 is 3.19. The van der Waals surface area contributed by atoms with Crippen LogP contribution in [0, 0.1) is 11.2 Å². The van der Waals surface area contributed by atoms with Crippen molar-refractivity contribution in [3.8, 4) is 0 Å². The monoisotopic (exact) mass is 437 g/mol. The third kappa shape index (κ3) is 3.63. The second-order valence-electron chi connectivity index (χ2n) is 7.25. The SMILES string of the molecule is C=C1C=Nc2cc(F)c(Br)cc2CC2(CN(C(=O)OC(C)C)C2)C(=O)N1C. The normalized spacial score (nSPS) is 18.7. The van der Waals surface area contributed by atoms with Crippen LogP contribution >= 0.6 is 15.9 Å². The van der Waals surface area contributed by atoms with Crippen LogP contribution in [-0.4, -0.2) is 54.3 Å². The maximum absolute atomic E-state index is 14.0. The molecule has 0 atom stereocenters. The molecule has 8 heteroatoms. The second kappa shape index (κ2) is 7.07. The minimum atomic E-state index is -0.826. The molecular formula is C19H21BrFN3O3. The van der Waals surface area contributed by atoms with Gasteiger partial charge in [-0.3, -0.25) is 9.79 Å². The Hall–Kier alpha value is -2.22. The van der Waals surface area contributed by atoms with Gasteiger partial charge in [0.25, 0.3) is 0 Å². The lowest BCUT2D eigenvalue weighted by Crippen LogP contribution is -2.65. The number of carbonyl (C=O) groups excluding carboxylic acids is 2. The van der Waals surface area contributed by atoms with Gasteiger partial charge in [0.2, 0.25) is 5.91 Å². The van der Waals surface area contributed by atoms with Crippen LogP contribution in [0.1, 0.15) is 19.4 Å². The lowest BCUT2D eigenvalue weighted by Gasteiger charge is -2.49. The molecule has 1 aromatic rings. The van der Waals surface area contributed by atoms with E-state index in [0.29, 0.717) is 22.3 Å². The summed E-state index contributed by atoms with van der Waals surface area (Å²) in [4.78, 5) is 32.6. The molecule has 0 unspecified atom stereocenters. The standard InChI is InChI=1S/C19H21BrFN3O3/c1-11(2)27-18(26)24-9-19(10-24)7-13-5-14(20)15(21)6-16(13)22-8-12(3)23(4)17(19)25/h5-6,8,11H,3,7,9-10H2,1-2,4H3. The predicted molar refractivity (Wildman–Crippen MR) is 103 cm³/mol. The fourth-order valence-corrected chi connectivity index (χ4v) is 3.72. The van der Waals surface area contributed by atoms with Crippen molar-refractivity contribution in [3.05, 3.63) is 40.3 Å². The minimum Gasteiger partial charge on any atom is -0.447 e. The molecule has 2 aliphatic rings. The van der Waals surface area contributed by atoms with Crippen LogP contribution in [0.15, 0.2) is 33.9 Å². The predicted octanol–water partition coefficient (Wildman–Crippen LogP) is 3.67. The highest BCUT2D eigenvalue weighted by Gasteiger charge is 2.53. The van der Waals surface area contributed by atoms with Crippen LogP contribution in [0.3, 0.4) is 0 Å². The number of amides is 2. The number of halogens is 2. The summed E-state index contributed by atoms with van der Waals surface area (Å²) in [6, 6.07) is 2.97. The maximum atomic E-state index is 14.0. The van der Waals surface area contributed by atoms with E-state index in [1.54, 1.807) is 27.0 Å². The van der Waals surface area contributed by atoms with E-state index in [4.69, 9.17) is 4.74 Å². The topological polar surface area (TPSA) is 62.2 Å². The molecule has 1 aromatic carbocycles. The lowest BCUT2D eigenvalue weighted by molar-refractivity contribution is -0.148. The average molecular weight is 438 g/mol. The third-order valence-electron chi connectivity index (χ3n) is 4.77. The number of fused-ring (bicyclic) bond motifs is 1. The van der Waals surface area contributed by atoms with Crippen LogP contribution in [0.2, 0.25) is 0 Å². The highest BCUT2D eigenvalue weighted by atomic mass is 79.9. The van der Waals surface area contributed by atoms with E-state index in [9.17, 15) is 14.0 Å². The zero-order valence-corrected chi connectivity index (χ0v) is 17.0. The number of hydrogen-bond donors (Lipinski definition) is 0. The van der Waals surface area contributed by atoms with Gasteiger partial charge < -0.3 is 14.5 Å². The van der Waals surface area contributed by atoms with Crippen molar-refractivity contribution in [1.29, 1.82) is 0 Å². The molecule has 1 spiro atoms. The van der Waals surface area contributed by atoms with E-state index in [1.165, 1.54) is 22.1 Å². The first kappa shape index (κ1) is 19.5. The highest BCUT2D eigenvalue weighted by molar-refractivity contribution is 9.10. The number of hydrogen-bond acceptors (Lipinski definition) is 4. The van der Waals surface area contributed by atoms with Crippen LogP contribution in [0.25, 0.3) is 0 Å². The van der Waals surface area contributed by atoms with E-state index < -0.39 is 17.3 Å². The smallest absolute Gasteiger partial charge is 0.410 e. The highest BCUT2D eigenvalue weighted by Crippen LogP contribution is 2.41. The minimum absolute atomic E-state index is 0.152. The molecule has 3 rings (SSSR count).